The Hall–Kier alpha value is -0.275. The van der Waals surface area contributed by atoms with E-state index in [0.29, 0.717) is 0 Å². The lowest BCUT2D eigenvalue weighted by Crippen LogP contribution is -2.41. The molecule has 1 fully saturated rings. The quantitative estimate of drug-likeness (QED) is 0.350. The summed E-state index contributed by atoms with van der Waals surface area (Å²) in [6, 6.07) is 0. The Bertz CT molecular complexity index is 268. The summed E-state index contributed by atoms with van der Waals surface area (Å²) in [6.45, 7) is 10.7. The van der Waals surface area contributed by atoms with Crippen molar-refractivity contribution in [3.8, 4) is 0 Å². The lowest BCUT2D eigenvalue weighted by atomic mass is 9.85. The molecule has 1 saturated heterocycles. The van der Waals surface area contributed by atoms with Gasteiger partial charge in [-0.15, -0.1) is 0 Å². The smallest absolute Gasteiger partial charge is 0.403 e. The highest BCUT2D eigenvalue weighted by Crippen LogP contribution is 2.37. The van der Waals surface area contributed by atoms with Crippen molar-refractivity contribution >= 4 is 7.12 Å². The Morgan fingerprint density at radius 1 is 0.842 bits per heavy atom. The molecular weight excluding hydrogens is 235 g/mol. The van der Waals surface area contributed by atoms with Gasteiger partial charge in [-0.3, -0.25) is 0 Å². The van der Waals surface area contributed by atoms with E-state index >= 15 is 0 Å². The van der Waals surface area contributed by atoms with Crippen LogP contribution < -0.4 is 0 Å². The van der Waals surface area contributed by atoms with E-state index in [4.69, 9.17) is 9.31 Å². The molecule has 0 amide bonds. The van der Waals surface area contributed by atoms with Crippen molar-refractivity contribution in [2.24, 2.45) is 0 Å². The second kappa shape index (κ2) is 7.49. The van der Waals surface area contributed by atoms with Gasteiger partial charge < -0.3 is 9.31 Å². The Kier molecular flexibility index (Phi) is 6.62. The molecule has 0 N–H and O–H groups in total. The standard InChI is InChI=1S/C16H31BO2/c1-6-7-8-9-10-11-12-13-14-17-18-15(2,3)16(4,5)19-17/h12-13H,6-11,14H2,1-5H3/b13-12+. The monoisotopic (exact) mass is 266 g/mol. The van der Waals surface area contributed by atoms with Gasteiger partial charge in [-0.25, -0.2) is 0 Å². The van der Waals surface area contributed by atoms with Crippen LogP contribution in [-0.4, -0.2) is 18.3 Å². The van der Waals surface area contributed by atoms with E-state index in [1.807, 2.05) is 0 Å². The minimum atomic E-state index is -0.203. The van der Waals surface area contributed by atoms with Crippen molar-refractivity contribution in [1.82, 2.24) is 0 Å². The zero-order chi connectivity index (χ0) is 14.4. The molecule has 0 aromatic rings. The molecule has 1 aliphatic heterocycles. The molecule has 1 heterocycles. The van der Waals surface area contributed by atoms with Crippen LogP contribution in [0.1, 0.15) is 73.1 Å². The maximum atomic E-state index is 5.95. The summed E-state index contributed by atoms with van der Waals surface area (Å²) in [6.07, 6.45) is 13.3. The van der Waals surface area contributed by atoms with Gasteiger partial charge in [0.25, 0.3) is 0 Å². The summed E-state index contributed by atoms with van der Waals surface area (Å²) in [5, 5.41) is 0. The maximum Gasteiger partial charge on any atom is 0.461 e. The van der Waals surface area contributed by atoms with E-state index in [9.17, 15) is 0 Å². The molecule has 0 unspecified atom stereocenters. The predicted molar refractivity (Wildman–Crippen MR) is 83.4 cm³/mol. The van der Waals surface area contributed by atoms with Gasteiger partial charge in [0.2, 0.25) is 0 Å². The molecule has 0 bridgehead atoms. The average molecular weight is 266 g/mol. The highest BCUT2D eigenvalue weighted by Gasteiger charge is 2.50. The van der Waals surface area contributed by atoms with Gasteiger partial charge in [-0.2, -0.15) is 0 Å². The Morgan fingerprint density at radius 2 is 1.42 bits per heavy atom. The summed E-state index contributed by atoms with van der Waals surface area (Å²) in [5.41, 5.74) is -0.405. The number of hydrogen-bond donors (Lipinski definition) is 0. The third-order valence-electron chi connectivity index (χ3n) is 4.27. The fraction of sp³-hybridized carbons (Fsp3) is 0.875. The Balaban J connectivity index is 2.13. The number of allylic oxidation sites excluding steroid dienone is 2. The minimum absolute atomic E-state index is 0.0821. The molecule has 0 aromatic heterocycles. The molecule has 1 rings (SSSR count). The van der Waals surface area contributed by atoms with Crippen LogP contribution in [0.2, 0.25) is 6.32 Å². The van der Waals surface area contributed by atoms with Crippen molar-refractivity contribution in [3.63, 3.8) is 0 Å². The Morgan fingerprint density at radius 3 is 2.00 bits per heavy atom. The van der Waals surface area contributed by atoms with E-state index in [-0.39, 0.29) is 18.3 Å². The zero-order valence-electron chi connectivity index (χ0n) is 13.5. The van der Waals surface area contributed by atoms with Crippen molar-refractivity contribution < 1.29 is 9.31 Å². The molecule has 1 aliphatic rings. The van der Waals surface area contributed by atoms with Crippen LogP contribution >= 0.6 is 0 Å². The second-order valence-electron chi connectivity index (χ2n) is 6.60. The first-order valence-electron chi connectivity index (χ1n) is 7.89. The summed E-state index contributed by atoms with van der Waals surface area (Å²) < 4.78 is 11.9. The second-order valence-corrected chi connectivity index (χ2v) is 6.60. The fourth-order valence-electron chi connectivity index (χ4n) is 2.25. The van der Waals surface area contributed by atoms with E-state index < -0.39 is 0 Å². The number of rotatable bonds is 8. The summed E-state index contributed by atoms with van der Waals surface area (Å²) >= 11 is 0. The van der Waals surface area contributed by atoms with E-state index in [2.05, 4.69) is 46.8 Å². The van der Waals surface area contributed by atoms with Gasteiger partial charge >= 0.3 is 7.12 Å². The maximum absolute atomic E-state index is 5.95. The SMILES string of the molecule is CCCCCCC/C=C/CB1OC(C)(C)C(C)(C)O1. The lowest BCUT2D eigenvalue weighted by Gasteiger charge is -2.32. The molecule has 2 nitrogen and oxygen atoms in total. The van der Waals surface area contributed by atoms with Crippen LogP contribution in [0.5, 0.6) is 0 Å². The highest BCUT2D eigenvalue weighted by molar-refractivity contribution is 6.46. The molecule has 0 spiro atoms. The van der Waals surface area contributed by atoms with Gasteiger partial charge in [-0.05, 0) is 40.5 Å². The number of hydrogen-bond acceptors (Lipinski definition) is 2. The first kappa shape index (κ1) is 16.8. The van der Waals surface area contributed by atoms with Crippen LogP contribution in [0.3, 0.4) is 0 Å². The van der Waals surface area contributed by atoms with Crippen LogP contribution in [0.25, 0.3) is 0 Å². The topological polar surface area (TPSA) is 18.5 Å². The van der Waals surface area contributed by atoms with Crippen molar-refractivity contribution in [2.75, 3.05) is 0 Å². The average Bonchev–Trinajstić information content (AvgIpc) is 2.51. The van der Waals surface area contributed by atoms with Gasteiger partial charge in [-0.1, -0.05) is 44.8 Å². The molecule has 0 aromatic carbocycles. The van der Waals surface area contributed by atoms with Crippen molar-refractivity contribution in [3.05, 3.63) is 12.2 Å². The third kappa shape index (κ3) is 5.31. The van der Waals surface area contributed by atoms with Gasteiger partial charge in [0.1, 0.15) is 0 Å². The molecule has 110 valence electrons. The first-order valence-corrected chi connectivity index (χ1v) is 7.89. The van der Waals surface area contributed by atoms with Crippen molar-refractivity contribution in [2.45, 2.75) is 90.7 Å². The summed E-state index contributed by atoms with van der Waals surface area (Å²) in [4.78, 5) is 0. The third-order valence-corrected chi connectivity index (χ3v) is 4.27. The van der Waals surface area contributed by atoms with E-state index in [1.165, 1.54) is 38.5 Å². The van der Waals surface area contributed by atoms with Crippen molar-refractivity contribution in [1.29, 1.82) is 0 Å². The zero-order valence-corrected chi connectivity index (χ0v) is 13.5. The van der Waals surface area contributed by atoms with Crippen LogP contribution in [0, 0.1) is 0 Å². The summed E-state index contributed by atoms with van der Waals surface area (Å²) in [5.74, 6) is 0. The molecule has 0 saturated carbocycles. The Labute approximate surface area is 120 Å². The van der Waals surface area contributed by atoms with Gasteiger partial charge in [0, 0.05) is 6.32 Å². The highest BCUT2D eigenvalue weighted by atomic mass is 16.7. The molecule has 0 radical (unpaired) electrons. The summed E-state index contributed by atoms with van der Waals surface area (Å²) in [7, 11) is -0.0821. The number of unbranched alkanes of at least 4 members (excludes halogenated alkanes) is 5. The molecule has 3 heteroatoms. The minimum Gasteiger partial charge on any atom is -0.403 e. The molecule has 0 atom stereocenters. The molecule has 19 heavy (non-hydrogen) atoms. The molecule has 0 aliphatic carbocycles. The molecular formula is C16H31BO2. The van der Waals surface area contributed by atoms with Crippen LogP contribution in [0.15, 0.2) is 12.2 Å². The van der Waals surface area contributed by atoms with Gasteiger partial charge in [0.05, 0.1) is 11.2 Å². The fourth-order valence-corrected chi connectivity index (χ4v) is 2.25. The van der Waals surface area contributed by atoms with Gasteiger partial charge in [0.15, 0.2) is 0 Å². The van der Waals surface area contributed by atoms with Crippen LogP contribution in [-0.2, 0) is 9.31 Å². The lowest BCUT2D eigenvalue weighted by molar-refractivity contribution is 0.00578. The normalized spacial score (nSPS) is 21.4. The van der Waals surface area contributed by atoms with E-state index in [1.54, 1.807) is 0 Å². The first-order chi connectivity index (χ1) is 8.89. The largest absolute Gasteiger partial charge is 0.461 e. The predicted octanol–water partition coefficient (Wildman–Crippen LogP) is 5.00. The van der Waals surface area contributed by atoms with Crippen LogP contribution in [0.4, 0.5) is 0 Å². The van der Waals surface area contributed by atoms with E-state index in [0.717, 1.165) is 6.32 Å².